The Bertz CT molecular complexity index is 800. The molecule has 0 spiro atoms. The summed E-state index contributed by atoms with van der Waals surface area (Å²) in [5.74, 6) is 0.0409. The van der Waals surface area contributed by atoms with Crippen LogP contribution < -0.4 is 4.90 Å². The van der Waals surface area contributed by atoms with Gasteiger partial charge in [-0.05, 0) is 42.8 Å². The quantitative estimate of drug-likeness (QED) is 0.430. The van der Waals surface area contributed by atoms with Gasteiger partial charge in [0.15, 0.2) is 5.78 Å². The van der Waals surface area contributed by atoms with E-state index in [1.807, 2.05) is 73.7 Å². The van der Waals surface area contributed by atoms with E-state index in [0.717, 1.165) is 16.9 Å². The van der Waals surface area contributed by atoms with Crippen LogP contribution in [0.1, 0.15) is 17.3 Å². The van der Waals surface area contributed by atoms with Gasteiger partial charge in [0.25, 0.3) is 0 Å². The molecule has 0 amide bonds. The first kappa shape index (κ1) is 16.7. The van der Waals surface area contributed by atoms with Crippen LogP contribution in [0.4, 0.5) is 11.4 Å². The molecular weight excluding hydrogens is 306 g/mol. The van der Waals surface area contributed by atoms with Gasteiger partial charge in [0.2, 0.25) is 0 Å². The Hall–Kier alpha value is -3.13. The minimum atomic E-state index is 0.0409. The molecule has 0 aliphatic carbocycles. The topological polar surface area (TPSA) is 20.3 Å². The second-order valence-electron chi connectivity index (χ2n) is 5.98. The van der Waals surface area contributed by atoms with Crippen molar-refractivity contribution in [1.82, 2.24) is 0 Å². The molecule has 0 heterocycles. The van der Waals surface area contributed by atoms with Crippen molar-refractivity contribution < 1.29 is 4.79 Å². The van der Waals surface area contributed by atoms with E-state index in [0.29, 0.717) is 12.1 Å². The first-order valence-corrected chi connectivity index (χ1v) is 8.38. The Kier molecular flexibility index (Phi) is 5.43. The maximum absolute atomic E-state index is 12.4. The molecule has 3 aromatic carbocycles. The first-order valence-electron chi connectivity index (χ1n) is 8.38. The van der Waals surface area contributed by atoms with Gasteiger partial charge in [-0.25, -0.2) is 0 Å². The van der Waals surface area contributed by atoms with Gasteiger partial charge in [0.1, 0.15) is 0 Å². The predicted molar refractivity (Wildman–Crippen MR) is 104 cm³/mol. The van der Waals surface area contributed by atoms with E-state index in [4.69, 9.17) is 0 Å². The lowest BCUT2D eigenvalue weighted by atomic mass is 10.1. The fraction of sp³-hybridized carbons (Fsp3) is 0.0870. The maximum atomic E-state index is 12.4. The Morgan fingerprint density at radius 3 is 1.68 bits per heavy atom. The van der Waals surface area contributed by atoms with Gasteiger partial charge in [-0.3, -0.25) is 4.79 Å². The number of hydrogen-bond acceptors (Lipinski definition) is 2. The monoisotopic (exact) mass is 327 g/mol. The summed E-state index contributed by atoms with van der Waals surface area (Å²) in [4.78, 5) is 14.6. The van der Waals surface area contributed by atoms with E-state index in [2.05, 4.69) is 29.2 Å². The molecule has 0 fully saturated rings. The average molecular weight is 327 g/mol. The zero-order valence-corrected chi connectivity index (χ0v) is 14.3. The second kappa shape index (κ2) is 8.11. The van der Waals surface area contributed by atoms with Crippen LogP contribution in [0, 0.1) is 0 Å². The van der Waals surface area contributed by atoms with E-state index < -0.39 is 0 Å². The summed E-state index contributed by atoms with van der Waals surface area (Å²) in [5.41, 5.74) is 3.94. The summed E-state index contributed by atoms with van der Waals surface area (Å²) in [5, 5.41) is 0. The van der Waals surface area contributed by atoms with Crippen molar-refractivity contribution in [2.45, 2.75) is 6.92 Å². The molecule has 2 nitrogen and oxygen atoms in total. The number of rotatable bonds is 6. The van der Waals surface area contributed by atoms with Gasteiger partial charge in [-0.15, -0.1) is 0 Å². The number of hydrogen-bond donors (Lipinski definition) is 0. The number of para-hydroxylation sites is 2. The number of ketones is 1. The molecule has 3 rings (SSSR count). The van der Waals surface area contributed by atoms with Crippen LogP contribution in [0.5, 0.6) is 0 Å². The van der Waals surface area contributed by atoms with Gasteiger partial charge in [-0.2, -0.15) is 0 Å². The average Bonchev–Trinajstić information content (AvgIpc) is 2.68. The minimum Gasteiger partial charge on any atom is -0.337 e. The van der Waals surface area contributed by atoms with E-state index >= 15 is 0 Å². The predicted octanol–water partition coefficient (Wildman–Crippen LogP) is 5.65. The number of carbonyl (C=O) groups is 1. The molecule has 0 aliphatic rings. The number of carbonyl (C=O) groups excluding carboxylic acids is 1. The summed E-state index contributed by atoms with van der Waals surface area (Å²) in [6, 6.07) is 29.8. The highest BCUT2D eigenvalue weighted by molar-refractivity contribution is 6.04. The molecule has 25 heavy (non-hydrogen) atoms. The SMILES string of the molecule is C/C(=C\C(=O)c1ccccc1)CN(c1ccccc1)c1ccccc1. The molecule has 124 valence electrons. The highest BCUT2D eigenvalue weighted by Gasteiger charge is 2.10. The fourth-order valence-electron chi connectivity index (χ4n) is 2.75. The molecule has 0 aliphatic heterocycles. The molecule has 3 aromatic rings. The maximum Gasteiger partial charge on any atom is 0.185 e. The van der Waals surface area contributed by atoms with Crippen LogP contribution in [0.15, 0.2) is 103 Å². The summed E-state index contributed by atoms with van der Waals surface area (Å²) in [6.45, 7) is 2.66. The van der Waals surface area contributed by atoms with Crippen molar-refractivity contribution in [2.24, 2.45) is 0 Å². The van der Waals surface area contributed by atoms with E-state index in [9.17, 15) is 4.79 Å². The standard InChI is InChI=1S/C23H21NO/c1-19(17-23(25)20-11-5-2-6-12-20)18-24(21-13-7-3-8-14-21)22-15-9-4-10-16-22/h2-17H,18H2,1H3/b19-17+. The first-order chi connectivity index (χ1) is 12.2. The molecular formula is C23H21NO. The molecule has 0 saturated heterocycles. The van der Waals surface area contributed by atoms with Gasteiger partial charge in [0, 0.05) is 23.5 Å². The molecule has 2 heteroatoms. The summed E-state index contributed by atoms with van der Waals surface area (Å²) < 4.78 is 0. The molecule has 0 bridgehead atoms. The van der Waals surface area contributed by atoms with E-state index in [1.54, 1.807) is 6.08 Å². The third kappa shape index (κ3) is 4.45. The number of allylic oxidation sites excluding steroid dienone is 1. The van der Waals surface area contributed by atoms with Crippen LogP contribution in [0.25, 0.3) is 0 Å². The second-order valence-corrected chi connectivity index (χ2v) is 5.98. The van der Waals surface area contributed by atoms with Crippen molar-refractivity contribution in [3.8, 4) is 0 Å². The summed E-state index contributed by atoms with van der Waals surface area (Å²) in [7, 11) is 0. The lowest BCUT2D eigenvalue weighted by molar-refractivity contribution is 0.104. The van der Waals surface area contributed by atoms with Crippen molar-refractivity contribution in [3.63, 3.8) is 0 Å². The molecule has 0 radical (unpaired) electrons. The van der Waals surface area contributed by atoms with Gasteiger partial charge in [-0.1, -0.05) is 66.7 Å². The zero-order chi connectivity index (χ0) is 17.5. The van der Waals surface area contributed by atoms with Gasteiger partial charge in [0.05, 0.1) is 0 Å². The Labute approximate surface area is 149 Å². The highest BCUT2D eigenvalue weighted by atomic mass is 16.1. The minimum absolute atomic E-state index is 0.0409. The fourth-order valence-corrected chi connectivity index (χ4v) is 2.75. The van der Waals surface area contributed by atoms with Crippen molar-refractivity contribution >= 4 is 17.2 Å². The molecule has 0 saturated carbocycles. The van der Waals surface area contributed by atoms with E-state index in [-0.39, 0.29) is 5.78 Å². The molecule has 0 aromatic heterocycles. The van der Waals surface area contributed by atoms with Crippen LogP contribution in [-0.2, 0) is 0 Å². The van der Waals surface area contributed by atoms with Gasteiger partial charge < -0.3 is 4.90 Å². The van der Waals surface area contributed by atoms with Crippen molar-refractivity contribution in [2.75, 3.05) is 11.4 Å². The van der Waals surface area contributed by atoms with E-state index in [1.165, 1.54) is 0 Å². The lowest BCUT2D eigenvalue weighted by Crippen LogP contribution is -2.19. The van der Waals surface area contributed by atoms with Crippen LogP contribution in [0.3, 0.4) is 0 Å². The Balaban J connectivity index is 1.85. The van der Waals surface area contributed by atoms with Gasteiger partial charge >= 0.3 is 0 Å². The Morgan fingerprint density at radius 2 is 1.20 bits per heavy atom. The molecule has 0 N–H and O–H groups in total. The Morgan fingerprint density at radius 1 is 0.760 bits per heavy atom. The highest BCUT2D eigenvalue weighted by Crippen LogP contribution is 2.25. The van der Waals surface area contributed by atoms with Crippen LogP contribution in [-0.4, -0.2) is 12.3 Å². The van der Waals surface area contributed by atoms with Crippen molar-refractivity contribution in [1.29, 1.82) is 0 Å². The largest absolute Gasteiger partial charge is 0.337 e. The normalized spacial score (nSPS) is 11.2. The van der Waals surface area contributed by atoms with Crippen molar-refractivity contribution in [3.05, 3.63) is 108 Å². The third-order valence-corrected chi connectivity index (χ3v) is 3.98. The lowest BCUT2D eigenvalue weighted by Gasteiger charge is -2.25. The van der Waals surface area contributed by atoms with Crippen LogP contribution in [0.2, 0.25) is 0 Å². The summed E-state index contributed by atoms with van der Waals surface area (Å²) in [6.07, 6.45) is 1.73. The summed E-state index contributed by atoms with van der Waals surface area (Å²) >= 11 is 0. The smallest absolute Gasteiger partial charge is 0.185 e. The molecule has 0 unspecified atom stereocenters. The zero-order valence-electron chi connectivity index (χ0n) is 14.3. The number of nitrogens with zero attached hydrogens (tertiary/aromatic N) is 1. The number of anilines is 2. The van der Waals surface area contributed by atoms with Crippen LogP contribution >= 0.6 is 0 Å². The third-order valence-electron chi connectivity index (χ3n) is 3.98. The molecule has 0 atom stereocenters. The number of benzene rings is 3.